The third-order valence-electron chi connectivity index (χ3n) is 6.02. The molecule has 2 amide bonds. The molecule has 1 fully saturated rings. The van der Waals surface area contributed by atoms with Gasteiger partial charge in [0.25, 0.3) is 5.91 Å². The second-order valence-electron chi connectivity index (χ2n) is 7.91. The van der Waals surface area contributed by atoms with Gasteiger partial charge >= 0.3 is 0 Å². The van der Waals surface area contributed by atoms with Crippen molar-refractivity contribution in [2.75, 3.05) is 12.0 Å². The van der Waals surface area contributed by atoms with Gasteiger partial charge in [-0.25, -0.2) is 4.90 Å². The highest BCUT2D eigenvalue weighted by Gasteiger charge is 2.56. The molecule has 5 rings (SSSR count). The SMILES string of the molecule is COc1cccc(N2C(=O)[C@H]3C(C(=O)C(c4ccccc4)c4ccccc4)=NN[C@H]3C2=O)c1. The molecule has 0 aliphatic carbocycles. The number of hydrogen-bond donors (Lipinski definition) is 1. The van der Waals surface area contributed by atoms with Gasteiger partial charge in [-0.1, -0.05) is 66.7 Å². The number of methoxy groups -OCH3 is 1. The minimum absolute atomic E-state index is 0.0708. The number of ketones is 1. The molecule has 0 spiro atoms. The van der Waals surface area contributed by atoms with Crippen LogP contribution in [0.5, 0.6) is 5.75 Å². The average molecular weight is 439 g/mol. The van der Waals surface area contributed by atoms with Gasteiger partial charge in [-0.2, -0.15) is 5.10 Å². The maximum absolute atomic E-state index is 13.8. The minimum Gasteiger partial charge on any atom is -0.497 e. The molecule has 2 aliphatic heterocycles. The monoisotopic (exact) mass is 439 g/mol. The van der Waals surface area contributed by atoms with Crippen LogP contribution >= 0.6 is 0 Å². The van der Waals surface area contributed by atoms with Gasteiger partial charge in [-0.05, 0) is 23.3 Å². The van der Waals surface area contributed by atoms with Gasteiger partial charge in [-0.3, -0.25) is 19.8 Å². The van der Waals surface area contributed by atoms with Gasteiger partial charge < -0.3 is 4.74 Å². The average Bonchev–Trinajstić information content (AvgIpc) is 3.40. The summed E-state index contributed by atoms with van der Waals surface area (Å²) in [5.41, 5.74) is 4.79. The molecule has 7 heteroatoms. The van der Waals surface area contributed by atoms with Crippen molar-refractivity contribution in [3.63, 3.8) is 0 Å². The number of amides is 2. The van der Waals surface area contributed by atoms with Crippen molar-refractivity contribution in [3.8, 4) is 5.75 Å². The predicted molar refractivity (Wildman–Crippen MR) is 123 cm³/mol. The Morgan fingerprint density at radius 1 is 0.909 bits per heavy atom. The highest BCUT2D eigenvalue weighted by Crippen LogP contribution is 2.35. The molecule has 7 nitrogen and oxygen atoms in total. The molecule has 2 atom stereocenters. The maximum Gasteiger partial charge on any atom is 0.259 e. The molecule has 0 saturated carbocycles. The molecule has 33 heavy (non-hydrogen) atoms. The Labute approximate surface area is 190 Å². The summed E-state index contributed by atoms with van der Waals surface area (Å²) in [5.74, 6) is -2.32. The van der Waals surface area contributed by atoms with Gasteiger partial charge in [-0.15, -0.1) is 0 Å². The van der Waals surface area contributed by atoms with Crippen molar-refractivity contribution in [2.24, 2.45) is 11.0 Å². The first-order valence-corrected chi connectivity index (χ1v) is 10.6. The lowest BCUT2D eigenvalue weighted by atomic mass is 9.82. The standard InChI is InChI=1S/C26H21N3O4/c1-33-19-14-8-13-18(15-19)29-25(31)21-22(27-28-23(21)26(29)32)24(30)20(16-9-4-2-5-10-16)17-11-6-3-7-12-17/h2-15,20-21,23,28H,1H3/t21-,23+/m0/s1. The normalized spacial score (nSPS) is 19.3. The van der Waals surface area contributed by atoms with E-state index in [2.05, 4.69) is 10.5 Å². The largest absolute Gasteiger partial charge is 0.497 e. The number of nitrogens with zero attached hydrogens (tertiary/aromatic N) is 2. The molecule has 0 unspecified atom stereocenters. The Bertz CT molecular complexity index is 1220. The number of hydrazone groups is 1. The number of anilines is 1. The smallest absolute Gasteiger partial charge is 0.259 e. The van der Waals surface area contributed by atoms with Crippen LogP contribution in [-0.4, -0.2) is 36.5 Å². The Balaban J connectivity index is 1.51. The zero-order chi connectivity index (χ0) is 22.9. The van der Waals surface area contributed by atoms with Crippen LogP contribution in [0.4, 0.5) is 5.69 Å². The molecule has 1 saturated heterocycles. The molecule has 1 N–H and O–H groups in total. The lowest BCUT2D eigenvalue weighted by molar-refractivity contribution is -0.122. The summed E-state index contributed by atoms with van der Waals surface area (Å²) in [5, 5.41) is 4.18. The maximum atomic E-state index is 13.8. The molecule has 0 radical (unpaired) electrons. The van der Waals surface area contributed by atoms with Gasteiger partial charge in [0.05, 0.1) is 18.7 Å². The van der Waals surface area contributed by atoms with Crippen LogP contribution in [0.1, 0.15) is 17.0 Å². The van der Waals surface area contributed by atoms with E-state index in [1.807, 2.05) is 60.7 Å². The minimum atomic E-state index is -0.980. The van der Waals surface area contributed by atoms with Crippen molar-refractivity contribution < 1.29 is 19.1 Å². The first-order chi connectivity index (χ1) is 16.1. The first-order valence-electron chi connectivity index (χ1n) is 10.6. The van der Waals surface area contributed by atoms with E-state index in [-0.39, 0.29) is 11.5 Å². The van der Waals surface area contributed by atoms with Crippen molar-refractivity contribution in [2.45, 2.75) is 12.0 Å². The van der Waals surface area contributed by atoms with Gasteiger partial charge in [0, 0.05) is 6.07 Å². The van der Waals surface area contributed by atoms with Gasteiger partial charge in [0.15, 0.2) is 5.78 Å². The van der Waals surface area contributed by atoms with Gasteiger partial charge in [0.2, 0.25) is 5.91 Å². The fraction of sp³-hybridized carbons (Fsp3) is 0.154. The van der Waals surface area contributed by atoms with E-state index in [9.17, 15) is 14.4 Å². The zero-order valence-electron chi connectivity index (χ0n) is 17.8. The molecule has 0 aromatic heterocycles. The Kier molecular flexibility index (Phi) is 5.22. The third-order valence-corrected chi connectivity index (χ3v) is 6.02. The number of hydrogen-bond acceptors (Lipinski definition) is 6. The molecule has 2 aliphatic rings. The highest BCUT2D eigenvalue weighted by molar-refractivity contribution is 6.50. The number of rotatable bonds is 6. The second-order valence-corrected chi connectivity index (χ2v) is 7.91. The first kappa shape index (κ1) is 20.6. The van der Waals surface area contributed by atoms with E-state index in [0.29, 0.717) is 11.4 Å². The molecular formula is C26H21N3O4. The number of nitrogens with one attached hydrogen (secondary N) is 1. The zero-order valence-corrected chi connectivity index (χ0v) is 17.8. The number of carbonyl (C=O) groups is 3. The summed E-state index contributed by atoms with van der Waals surface area (Å²) in [6, 6.07) is 24.5. The fourth-order valence-corrected chi connectivity index (χ4v) is 4.43. The summed E-state index contributed by atoms with van der Waals surface area (Å²) in [4.78, 5) is 41.4. The summed E-state index contributed by atoms with van der Waals surface area (Å²) < 4.78 is 5.22. The molecule has 3 aromatic carbocycles. The Morgan fingerprint density at radius 2 is 1.55 bits per heavy atom. The quantitative estimate of drug-likeness (QED) is 0.597. The van der Waals surface area contributed by atoms with Gasteiger partial charge in [0.1, 0.15) is 23.4 Å². The van der Waals surface area contributed by atoms with Crippen LogP contribution < -0.4 is 15.1 Å². The van der Waals surface area contributed by atoms with E-state index < -0.39 is 29.7 Å². The number of carbonyl (C=O) groups excluding carboxylic acids is 3. The number of imide groups is 1. The van der Waals surface area contributed by atoms with Crippen LogP contribution in [-0.2, 0) is 14.4 Å². The predicted octanol–water partition coefficient (Wildman–Crippen LogP) is 2.91. The fourth-order valence-electron chi connectivity index (χ4n) is 4.43. The van der Waals surface area contributed by atoms with Crippen LogP contribution in [0.2, 0.25) is 0 Å². The van der Waals surface area contributed by atoms with Crippen LogP contribution in [0.25, 0.3) is 0 Å². The molecular weight excluding hydrogens is 418 g/mol. The van der Waals surface area contributed by atoms with Crippen molar-refractivity contribution >= 4 is 29.0 Å². The lowest BCUT2D eigenvalue weighted by Gasteiger charge is -2.19. The Morgan fingerprint density at radius 3 is 2.15 bits per heavy atom. The number of Topliss-reactive ketones (excluding diaryl/α,β-unsaturated/α-hetero) is 1. The number of fused-ring (bicyclic) bond motifs is 1. The number of ether oxygens (including phenoxy) is 1. The molecule has 164 valence electrons. The van der Waals surface area contributed by atoms with E-state index >= 15 is 0 Å². The number of benzene rings is 3. The van der Waals surface area contributed by atoms with E-state index in [4.69, 9.17) is 4.74 Å². The molecule has 0 bridgehead atoms. The summed E-state index contributed by atoms with van der Waals surface area (Å²) in [7, 11) is 1.51. The Hall–Kier alpha value is -4.26. The molecule has 2 heterocycles. The topological polar surface area (TPSA) is 88.1 Å². The summed E-state index contributed by atoms with van der Waals surface area (Å²) in [6.45, 7) is 0. The van der Waals surface area contributed by atoms with Crippen LogP contribution in [0, 0.1) is 5.92 Å². The third kappa shape index (κ3) is 3.47. The van der Waals surface area contributed by atoms with Crippen molar-refractivity contribution in [3.05, 3.63) is 96.1 Å². The van der Waals surface area contributed by atoms with E-state index in [0.717, 1.165) is 16.0 Å². The second kappa shape index (κ2) is 8.35. The van der Waals surface area contributed by atoms with Crippen LogP contribution in [0.3, 0.4) is 0 Å². The highest BCUT2D eigenvalue weighted by atomic mass is 16.5. The van der Waals surface area contributed by atoms with E-state index in [1.54, 1.807) is 24.3 Å². The van der Waals surface area contributed by atoms with Crippen molar-refractivity contribution in [1.82, 2.24) is 5.43 Å². The molecule has 3 aromatic rings. The van der Waals surface area contributed by atoms with Crippen LogP contribution in [0.15, 0.2) is 90.0 Å². The van der Waals surface area contributed by atoms with Crippen molar-refractivity contribution in [1.29, 1.82) is 0 Å². The lowest BCUT2D eigenvalue weighted by Crippen LogP contribution is -2.36. The summed E-state index contributed by atoms with van der Waals surface area (Å²) in [6.07, 6.45) is 0. The summed E-state index contributed by atoms with van der Waals surface area (Å²) >= 11 is 0. The van der Waals surface area contributed by atoms with E-state index in [1.165, 1.54) is 7.11 Å².